The van der Waals surface area contributed by atoms with Crippen LogP contribution in [0.4, 0.5) is 0 Å². The number of aliphatic hydroxyl groups is 2. The normalized spacial score (nSPS) is 25.1. The molecule has 1 fully saturated rings. The van der Waals surface area contributed by atoms with E-state index in [1.54, 1.807) is 0 Å². The molecule has 2 heterocycles. The molecule has 23 heavy (non-hydrogen) atoms. The van der Waals surface area contributed by atoms with Gasteiger partial charge < -0.3 is 19.7 Å². The van der Waals surface area contributed by atoms with Crippen LogP contribution in [0.2, 0.25) is 0 Å². The SMILES string of the molecule is COC(CN=[N+]=[N-])c1cn([C@H]2C[C@H](O)[C@@H](CO)O2)c(=O)[nH]c1=O. The van der Waals surface area contributed by atoms with Crippen molar-refractivity contribution in [1.82, 2.24) is 9.55 Å². The lowest BCUT2D eigenvalue weighted by molar-refractivity contribution is -0.0462. The van der Waals surface area contributed by atoms with Crippen LogP contribution in [0, 0.1) is 0 Å². The van der Waals surface area contributed by atoms with Crippen molar-refractivity contribution in [1.29, 1.82) is 0 Å². The standard InChI is InChI=1S/C12H17N5O6/c1-22-8(3-14-16-13)6-4-17(12(21)15-11(6)20)10-2-7(19)9(5-18)23-10/h4,7-10,18-19H,2-3,5H2,1H3,(H,15,20,21)/t7-,8?,9+,10+/m0/s1. The summed E-state index contributed by atoms with van der Waals surface area (Å²) >= 11 is 0. The first-order valence-corrected chi connectivity index (χ1v) is 6.85. The van der Waals surface area contributed by atoms with Crippen LogP contribution in [0.25, 0.3) is 10.4 Å². The van der Waals surface area contributed by atoms with E-state index < -0.39 is 35.8 Å². The van der Waals surface area contributed by atoms with Gasteiger partial charge in [0, 0.05) is 24.6 Å². The number of aromatic amines is 1. The summed E-state index contributed by atoms with van der Waals surface area (Å²) in [6.45, 7) is -0.512. The van der Waals surface area contributed by atoms with Crippen LogP contribution in [-0.2, 0) is 9.47 Å². The summed E-state index contributed by atoms with van der Waals surface area (Å²) in [6.07, 6.45) is -2.05. The number of aliphatic hydroxyl groups excluding tert-OH is 2. The number of azide groups is 1. The molecule has 1 aromatic heterocycles. The molecule has 126 valence electrons. The van der Waals surface area contributed by atoms with Gasteiger partial charge in [0.1, 0.15) is 12.3 Å². The summed E-state index contributed by atoms with van der Waals surface area (Å²) in [5.41, 5.74) is 7.08. The van der Waals surface area contributed by atoms with E-state index in [0.29, 0.717) is 0 Å². The topological polar surface area (TPSA) is 163 Å². The first-order valence-electron chi connectivity index (χ1n) is 6.85. The number of hydrogen-bond acceptors (Lipinski definition) is 7. The molecule has 11 heteroatoms. The van der Waals surface area contributed by atoms with Gasteiger partial charge in [0.05, 0.1) is 30.9 Å². The maximum atomic E-state index is 12.0. The van der Waals surface area contributed by atoms with Gasteiger partial charge in [-0.1, -0.05) is 5.11 Å². The van der Waals surface area contributed by atoms with Gasteiger partial charge >= 0.3 is 5.69 Å². The zero-order valence-electron chi connectivity index (χ0n) is 12.3. The number of nitrogens with zero attached hydrogens (tertiary/aromatic N) is 4. The van der Waals surface area contributed by atoms with Gasteiger partial charge in [0.25, 0.3) is 5.56 Å². The molecular formula is C12H17N5O6. The number of ether oxygens (including phenoxy) is 2. The lowest BCUT2D eigenvalue weighted by atomic mass is 10.1. The fourth-order valence-electron chi connectivity index (χ4n) is 2.40. The van der Waals surface area contributed by atoms with Crippen molar-refractivity contribution in [2.75, 3.05) is 20.3 Å². The summed E-state index contributed by atoms with van der Waals surface area (Å²) in [4.78, 5) is 28.6. The van der Waals surface area contributed by atoms with E-state index in [4.69, 9.17) is 20.1 Å². The summed E-state index contributed by atoms with van der Waals surface area (Å²) in [5.74, 6) is 0. The van der Waals surface area contributed by atoms with Crippen molar-refractivity contribution in [3.05, 3.63) is 43.0 Å². The number of nitrogens with one attached hydrogen (secondary N) is 1. The second-order valence-electron chi connectivity index (χ2n) is 5.00. The van der Waals surface area contributed by atoms with Crippen molar-refractivity contribution in [3.8, 4) is 0 Å². The molecule has 0 spiro atoms. The Bertz CT molecular complexity index is 709. The highest BCUT2D eigenvalue weighted by Gasteiger charge is 2.35. The average molecular weight is 327 g/mol. The third-order valence-electron chi connectivity index (χ3n) is 3.63. The predicted molar refractivity (Wildman–Crippen MR) is 76.7 cm³/mol. The predicted octanol–water partition coefficient (Wildman–Crippen LogP) is -0.825. The quantitative estimate of drug-likeness (QED) is 0.351. The Morgan fingerprint density at radius 1 is 1.65 bits per heavy atom. The molecule has 1 aliphatic heterocycles. The number of aromatic nitrogens is 2. The second kappa shape index (κ2) is 7.40. The van der Waals surface area contributed by atoms with E-state index in [9.17, 15) is 14.7 Å². The van der Waals surface area contributed by atoms with Gasteiger partial charge in [-0.15, -0.1) is 0 Å². The smallest absolute Gasteiger partial charge is 0.330 e. The van der Waals surface area contributed by atoms with Gasteiger partial charge in [0.15, 0.2) is 0 Å². The first-order chi connectivity index (χ1) is 11.0. The van der Waals surface area contributed by atoms with Gasteiger partial charge in [-0.2, -0.15) is 0 Å². The van der Waals surface area contributed by atoms with Crippen molar-refractivity contribution in [2.45, 2.75) is 31.0 Å². The van der Waals surface area contributed by atoms with Crippen LogP contribution >= 0.6 is 0 Å². The Hall–Kier alpha value is -2.17. The van der Waals surface area contributed by atoms with Crippen LogP contribution in [-0.4, -0.2) is 52.2 Å². The second-order valence-corrected chi connectivity index (χ2v) is 5.00. The van der Waals surface area contributed by atoms with E-state index in [1.807, 2.05) is 0 Å². The van der Waals surface area contributed by atoms with Crippen LogP contribution in [0.3, 0.4) is 0 Å². The summed E-state index contributed by atoms with van der Waals surface area (Å²) < 4.78 is 11.6. The van der Waals surface area contributed by atoms with Crippen molar-refractivity contribution < 1.29 is 19.7 Å². The van der Waals surface area contributed by atoms with E-state index in [-0.39, 0.29) is 25.1 Å². The largest absolute Gasteiger partial charge is 0.394 e. The van der Waals surface area contributed by atoms with Crippen molar-refractivity contribution in [2.24, 2.45) is 5.11 Å². The summed E-state index contributed by atoms with van der Waals surface area (Å²) in [7, 11) is 1.34. The van der Waals surface area contributed by atoms with E-state index >= 15 is 0 Å². The molecule has 4 atom stereocenters. The Balaban J connectivity index is 2.38. The number of hydrogen-bond donors (Lipinski definition) is 3. The van der Waals surface area contributed by atoms with Gasteiger partial charge in [-0.05, 0) is 5.53 Å². The highest BCUT2D eigenvalue weighted by molar-refractivity contribution is 5.10. The van der Waals surface area contributed by atoms with Crippen LogP contribution in [0.15, 0.2) is 20.9 Å². The Morgan fingerprint density at radius 3 is 2.96 bits per heavy atom. The fourth-order valence-corrected chi connectivity index (χ4v) is 2.40. The molecule has 1 aromatic rings. The maximum Gasteiger partial charge on any atom is 0.330 e. The summed E-state index contributed by atoms with van der Waals surface area (Å²) in [5, 5.41) is 22.2. The lowest BCUT2D eigenvalue weighted by Crippen LogP contribution is -2.35. The number of methoxy groups -OCH3 is 1. The maximum absolute atomic E-state index is 12.0. The molecule has 0 bridgehead atoms. The highest BCUT2D eigenvalue weighted by Crippen LogP contribution is 2.27. The number of H-pyrrole nitrogens is 1. The molecule has 1 saturated heterocycles. The zero-order valence-corrected chi connectivity index (χ0v) is 12.3. The Morgan fingerprint density at radius 2 is 2.39 bits per heavy atom. The van der Waals surface area contributed by atoms with Crippen LogP contribution in [0.5, 0.6) is 0 Å². The number of rotatable bonds is 6. The minimum atomic E-state index is -0.923. The fraction of sp³-hybridized carbons (Fsp3) is 0.667. The minimum absolute atomic E-state index is 0.0879. The first kappa shape index (κ1) is 17.2. The summed E-state index contributed by atoms with van der Waals surface area (Å²) in [6, 6.07) is 0. The molecule has 0 aromatic carbocycles. The molecular weight excluding hydrogens is 310 g/mol. The van der Waals surface area contributed by atoms with E-state index in [2.05, 4.69) is 15.0 Å². The molecule has 0 saturated carbocycles. The third kappa shape index (κ3) is 3.60. The molecule has 1 aliphatic rings. The molecule has 11 nitrogen and oxygen atoms in total. The molecule has 0 aliphatic carbocycles. The molecule has 1 unspecified atom stereocenters. The molecule has 3 N–H and O–H groups in total. The van der Waals surface area contributed by atoms with Gasteiger partial charge in [-0.25, -0.2) is 4.79 Å². The monoisotopic (exact) mass is 327 g/mol. The zero-order chi connectivity index (χ0) is 17.0. The van der Waals surface area contributed by atoms with Crippen molar-refractivity contribution in [3.63, 3.8) is 0 Å². The average Bonchev–Trinajstić information content (AvgIpc) is 2.90. The lowest BCUT2D eigenvalue weighted by Gasteiger charge is -2.18. The van der Waals surface area contributed by atoms with Gasteiger partial charge in [0.2, 0.25) is 0 Å². The molecule has 0 amide bonds. The highest BCUT2D eigenvalue weighted by atomic mass is 16.5. The van der Waals surface area contributed by atoms with Gasteiger partial charge in [-0.3, -0.25) is 14.3 Å². The third-order valence-corrected chi connectivity index (χ3v) is 3.63. The van der Waals surface area contributed by atoms with Crippen molar-refractivity contribution >= 4 is 0 Å². The van der Waals surface area contributed by atoms with Crippen LogP contribution < -0.4 is 11.2 Å². The van der Waals surface area contributed by atoms with E-state index in [1.165, 1.54) is 13.3 Å². The Labute approximate surface area is 129 Å². The molecule has 0 radical (unpaired) electrons. The molecule has 2 rings (SSSR count). The minimum Gasteiger partial charge on any atom is -0.394 e. The van der Waals surface area contributed by atoms with Crippen LogP contribution in [0.1, 0.15) is 24.3 Å². The van der Waals surface area contributed by atoms with E-state index in [0.717, 1.165) is 4.57 Å². The Kier molecular flexibility index (Phi) is 5.53.